The summed E-state index contributed by atoms with van der Waals surface area (Å²) in [4.78, 5) is 0. The summed E-state index contributed by atoms with van der Waals surface area (Å²) in [5.74, 6) is 0.607. The number of hydrogen-bond acceptors (Lipinski definition) is 4. The van der Waals surface area contributed by atoms with Gasteiger partial charge in [0.2, 0.25) is 0 Å². The van der Waals surface area contributed by atoms with Crippen molar-refractivity contribution in [1.82, 2.24) is 0 Å². The molecular weight excluding hydrogens is 372 g/mol. The van der Waals surface area contributed by atoms with Crippen molar-refractivity contribution in [2.75, 3.05) is 10.6 Å². The van der Waals surface area contributed by atoms with Crippen molar-refractivity contribution in [2.24, 2.45) is 0 Å². The number of anilines is 2. The van der Waals surface area contributed by atoms with Gasteiger partial charge in [0.25, 0.3) is 0 Å². The van der Waals surface area contributed by atoms with Crippen LogP contribution >= 0.6 is 0 Å². The molecule has 0 saturated carbocycles. The molecule has 4 heteroatoms. The first kappa shape index (κ1) is 19.4. The number of nitrogens with one attached hydrogen (secondary N) is 2. The first-order chi connectivity index (χ1) is 14.7. The van der Waals surface area contributed by atoms with E-state index in [4.69, 9.17) is 0 Å². The molecule has 4 rings (SSSR count). The highest BCUT2D eigenvalue weighted by atomic mass is 16.3. The molecule has 0 atom stereocenters. The summed E-state index contributed by atoms with van der Waals surface area (Å²) in [6.45, 7) is 1.15. The number of rotatable bonds is 7. The van der Waals surface area contributed by atoms with E-state index < -0.39 is 0 Å². The van der Waals surface area contributed by atoms with Crippen LogP contribution in [0.4, 0.5) is 11.4 Å². The number of para-hydroxylation sites is 2. The van der Waals surface area contributed by atoms with E-state index in [1.54, 1.807) is 12.1 Å². The summed E-state index contributed by atoms with van der Waals surface area (Å²) >= 11 is 0. The minimum Gasteiger partial charge on any atom is -0.508 e. The monoisotopic (exact) mass is 396 g/mol. The number of benzene rings is 4. The number of aromatic hydroxyl groups is 2. The Morgan fingerprint density at radius 2 is 0.833 bits per heavy atom. The molecule has 0 aliphatic heterocycles. The van der Waals surface area contributed by atoms with E-state index in [1.165, 1.54) is 0 Å². The fraction of sp³-hybridized carbons (Fsp3) is 0.0769. The van der Waals surface area contributed by atoms with E-state index in [0.717, 1.165) is 33.6 Å². The summed E-state index contributed by atoms with van der Waals surface area (Å²) < 4.78 is 0. The zero-order chi connectivity index (χ0) is 20.8. The van der Waals surface area contributed by atoms with Gasteiger partial charge >= 0.3 is 0 Å². The van der Waals surface area contributed by atoms with Crippen molar-refractivity contribution in [2.45, 2.75) is 13.1 Å². The molecule has 4 nitrogen and oxygen atoms in total. The highest BCUT2D eigenvalue weighted by Crippen LogP contribution is 2.25. The van der Waals surface area contributed by atoms with Crippen LogP contribution in [0.15, 0.2) is 97.1 Å². The highest BCUT2D eigenvalue weighted by molar-refractivity contribution is 5.68. The fourth-order valence-electron chi connectivity index (χ4n) is 3.28. The van der Waals surface area contributed by atoms with Gasteiger partial charge in [-0.25, -0.2) is 0 Å². The SMILES string of the molecule is Oc1ccccc1CNc1ccc(-c2ccc(NCc3ccccc3O)cc2)cc1. The van der Waals surface area contributed by atoms with Crippen LogP contribution in [0.25, 0.3) is 11.1 Å². The van der Waals surface area contributed by atoms with Gasteiger partial charge in [0, 0.05) is 35.6 Å². The van der Waals surface area contributed by atoms with Gasteiger partial charge in [-0.1, -0.05) is 60.7 Å². The predicted molar refractivity (Wildman–Crippen MR) is 123 cm³/mol. The summed E-state index contributed by atoms with van der Waals surface area (Å²) in [7, 11) is 0. The largest absolute Gasteiger partial charge is 0.508 e. The quantitative estimate of drug-likeness (QED) is 0.310. The Kier molecular flexibility index (Phi) is 5.85. The van der Waals surface area contributed by atoms with Crippen LogP contribution in [0.3, 0.4) is 0 Å². The first-order valence-corrected chi connectivity index (χ1v) is 9.91. The molecule has 0 spiro atoms. The summed E-state index contributed by atoms with van der Waals surface area (Å²) in [6.07, 6.45) is 0. The van der Waals surface area contributed by atoms with Gasteiger partial charge < -0.3 is 20.8 Å². The second-order valence-corrected chi connectivity index (χ2v) is 7.12. The molecule has 0 aliphatic rings. The van der Waals surface area contributed by atoms with Gasteiger partial charge in [-0.15, -0.1) is 0 Å². The van der Waals surface area contributed by atoms with E-state index in [0.29, 0.717) is 24.6 Å². The van der Waals surface area contributed by atoms with Gasteiger partial charge in [-0.2, -0.15) is 0 Å². The van der Waals surface area contributed by atoms with Crippen molar-refractivity contribution in [3.05, 3.63) is 108 Å². The van der Waals surface area contributed by atoms with E-state index >= 15 is 0 Å². The van der Waals surface area contributed by atoms with Gasteiger partial charge in [-0.05, 0) is 47.5 Å². The Bertz CT molecular complexity index is 1020. The smallest absolute Gasteiger partial charge is 0.120 e. The first-order valence-electron chi connectivity index (χ1n) is 9.91. The van der Waals surface area contributed by atoms with Crippen molar-refractivity contribution < 1.29 is 10.2 Å². The average Bonchev–Trinajstić information content (AvgIpc) is 2.79. The van der Waals surface area contributed by atoms with Crippen molar-refractivity contribution in [3.63, 3.8) is 0 Å². The van der Waals surface area contributed by atoms with Gasteiger partial charge in [0.05, 0.1) is 0 Å². The molecule has 150 valence electrons. The van der Waals surface area contributed by atoms with E-state index in [2.05, 4.69) is 34.9 Å². The lowest BCUT2D eigenvalue weighted by molar-refractivity contribution is 0.468. The summed E-state index contributed by atoms with van der Waals surface area (Å²) in [5, 5.41) is 26.4. The highest BCUT2D eigenvalue weighted by Gasteiger charge is 2.03. The molecule has 0 fully saturated rings. The molecule has 0 bridgehead atoms. The average molecular weight is 396 g/mol. The standard InChI is InChI=1S/C26H24N2O2/c29-25-7-3-1-5-21(25)17-27-23-13-9-19(10-14-23)20-11-15-24(16-12-20)28-18-22-6-2-4-8-26(22)30/h1-16,27-30H,17-18H2. The Morgan fingerprint density at radius 3 is 1.20 bits per heavy atom. The summed E-state index contributed by atoms with van der Waals surface area (Å²) in [5.41, 5.74) is 6.01. The molecule has 0 saturated heterocycles. The Hall–Kier alpha value is -3.92. The molecule has 0 aliphatic carbocycles. The second kappa shape index (κ2) is 9.05. The van der Waals surface area contributed by atoms with Crippen LogP contribution in [-0.4, -0.2) is 10.2 Å². The van der Waals surface area contributed by atoms with E-state index in [-0.39, 0.29) is 0 Å². The molecule has 0 heterocycles. The molecule has 4 aromatic carbocycles. The normalized spacial score (nSPS) is 10.5. The van der Waals surface area contributed by atoms with Crippen LogP contribution in [0.5, 0.6) is 11.5 Å². The van der Waals surface area contributed by atoms with E-state index in [1.807, 2.05) is 60.7 Å². The zero-order valence-electron chi connectivity index (χ0n) is 16.5. The van der Waals surface area contributed by atoms with Crippen LogP contribution in [0.2, 0.25) is 0 Å². The maximum absolute atomic E-state index is 9.86. The molecule has 30 heavy (non-hydrogen) atoms. The maximum atomic E-state index is 9.86. The van der Waals surface area contributed by atoms with Crippen LogP contribution < -0.4 is 10.6 Å². The lowest BCUT2D eigenvalue weighted by Gasteiger charge is -2.10. The summed E-state index contributed by atoms with van der Waals surface area (Å²) in [6, 6.07) is 31.2. The third kappa shape index (κ3) is 4.73. The Morgan fingerprint density at radius 1 is 0.467 bits per heavy atom. The van der Waals surface area contributed by atoms with Crippen LogP contribution in [0, 0.1) is 0 Å². The van der Waals surface area contributed by atoms with Crippen molar-refractivity contribution in [1.29, 1.82) is 0 Å². The van der Waals surface area contributed by atoms with Gasteiger partial charge in [0.15, 0.2) is 0 Å². The Balaban J connectivity index is 1.36. The minimum atomic E-state index is 0.304. The lowest BCUT2D eigenvalue weighted by atomic mass is 10.0. The molecule has 0 radical (unpaired) electrons. The third-order valence-electron chi connectivity index (χ3n) is 5.05. The molecule has 0 aromatic heterocycles. The molecule has 4 N–H and O–H groups in total. The molecule has 0 unspecified atom stereocenters. The minimum absolute atomic E-state index is 0.304. The predicted octanol–water partition coefficient (Wildman–Crippen LogP) is 5.99. The van der Waals surface area contributed by atoms with E-state index in [9.17, 15) is 10.2 Å². The third-order valence-corrected chi connectivity index (χ3v) is 5.05. The van der Waals surface area contributed by atoms with Crippen LogP contribution in [-0.2, 0) is 13.1 Å². The van der Waals surface area contributed by atoms with Crippen LogP contribution in [0.1, 0.15) is 11.1 Å². The number of phenols is 2. The number of phenolic OH excluding ortho intramolecular Hbond substituents is 2. The fourth-order valence-corrected chi connectivity index (χ4v) is 3.28. The molecule has 0 amide bonds. The number of hydrogen-bond donors (Lipinski definition) is 4. The van der Waals surface area contributed by atoms with Crippen molar-refractivity contribution >= 4 is 11.4 Å². The molecular formula is C26H24N2O2. The van der Waals surface area contributed by atoms with Crippen molar-refractivity contribution in [3.8, 4) is 22.6 Å². The lowest BCUT2D eigenvalue weighted by Crippen LogP contribution is -1.99. The van der Waals surface area contributed by atoms with Gasteiger partial charge in [0.1, 0.15) is 11.5 Å². The topological polar surface area (TPSA) is 64.5 Å². The molecule has 4 aromatic rings. The maximum Gasteiger partial charge on any atom is 0.120 e. The zero-order valence-corrected chi connectivity index (χ0v) is 16.5. The van der Waals surface area contributed by atoms with Gasteiger partial charge in [-0.3, -0.25) is 0 Å². The second-order valence-electron chi connectivity index (χ2n) is 7.12. The Labute approximate surface area is 176 Å².